The SMILES string of the molecule is CCCCC/C=C\C/C=C\CCCCCCCC(=O)O.CCCN(CCc1cccs1)[C@H]1CCc2c(O)cccc2C1. The number of carbonyl (C=O) groups is 1. The summed E-state index contributed by atoms with van der Waals surface area (Å²) in [7, 11) is 0. The van der Waals surface area contributed by atoms with Gasteiger partial charge >= 0.3 is 5.97 Å². The molecule has 0 unspecified atom stereocenters. The van der Waals surface area contributed by atoms with Gasteiger partial charge < -0.3 is 10.2 Å². The van der Waals surface area contributed by atoms with Crippen LogP contribution in [0.3, 0.4) is 0 Å². The van der Waals surface area contributed by atoms with Crippen molar-refractivity contribution in [3.8, 4) is 5.75 Å². The molecule has 2 aromatic rings. The minimum absolute atomic E-state index is 0.324. The first-order chi connectivity index (χ1) is 20.5. The van der Waals surface area contributed by atoms with Gasteiger partial charge in [-0.1, -0.05) is 88.5 Å². The lowest BCUT2D eigenvalue weighted by Gasteiger charge is -2.35. The quantitative estimate of drug-likeness (QED) is 0.118. The van der Waals surface area contributed by atoms with Crippen LogP contribution in [0.1, 0.15) is 120 Å². The predicted octanol–water partition coefficient (Wildman–Crippen LogP) is 10.2. The number of aromatic hydroxyl groups is 1. The molecular weight excluding hydrogens is 538 g/mol. The highest BCUT2D eigenvalue weighted by atomic mass is 32.1. The van der Waals surface area contributed by atoms with Gasteiger partial charge in [0.2, 0.25) is 0 Å². The second kappa shape index (κ2) is 23.1. The van der Waals surface area contributed by atoms with Gasteiger partial charge in [-0.05, 0) is 106 Å². The predicted molar refractivity (Wildman–Crippen MR) is 181 cm³/mol. The highest BCUT2D eigenvalue weighted by molar-refractivity contribution is 7.09. The number of hydrogen-bond donors (Lipinski definition) is 2. The van der Waals surface area contributed by atoms with Gasteiger partial charge in [0.25, 0.3) is 0 Å². The Labute approximate surface area is 260 Å². The Morgan fingerprint density at radius 2 is 1.64 bits per heavy atom. The second-order valence-corrected chi connectivity index (χ2v) is 12.6. The Hall–Kier alpha value is -2.37. The topological polar surface area (TPSA) is 60.8 Å². The van der Waals surface area contributed by atoms with E-state index in [1.807, 2.05) is 23.5 Å². The van der Waals surface area contributed by atoms with Crippen LogP contribution >= 0.6 is 11.3 Å². The molecule has 2 N–H and O–H groups in total. The number of aliphatic carboxylic acids is 1. The number of nitrogens with zero attached hydrogens (tertiary/aromatic N) is 1. The molecule has 1 aliphatic rings. The van der Waals surface area contributed by atoms with E-state index in [2.05, 4.69) is 66.6 Å². The summed E-state index contributed by atoms with van der Waals surface area (Å²) in [4.78, 5) is 14.5. The standard InChI is InChI=1S/C19H25NOS.C18H32O2/c1-2-11-20(12-10-17-6-4-13-22-17)16-8-9-18-15(14-16)5-3-7-19(18)21;1-2-3-4-5-6-7-8-9-10-11-12-13-14-15-16-17-18(19)20/h3-7,13,16,21H,2,8-12,14H2,1H3;6-7,9-10H,2-5,8,11-17H2,1H3,(H,19,20)/b;7-6-,10-9-/t16-;/m0./s1. The maximum absolute atomic E-state index is 10.3. The summed E-state index contributed by atoms with van der Waals surface area (Å²) in [5.74, 6) is -0.188. The molecule has 0 saturated carbocycles. The van der Waals surface area contributed by atoms with E-state index in [-0.39, 0.29) is 0 Å². The Balaban J connectivity index is 0.000000296. The van der Waals surface area contributed by atoms with Gasteiger partial charge in [0, 0.05) is 23.9 Å². The summed E-state index contributed by atoms with van der Waals surface area (Å²) in [5, 5.41) is 20.7. The van der Waals surface area contributed by atoms with Crippen molar-refractivity contribution in [2.45, 2.75) is 129 Å². The van der Waals surface area contributed by atoms with Crippen LogP contribution in [0.4, 0.5) is 0 Å². The van der Waals surface area contributed by atoms with Crippen molar-refractivity contribution in [1.29, 1.82) is 0 Å². The van der Waals surface area contributed by atoms with Crippen molar-refractivity contribution in [3.63, 3.8) is 0 Å². The zero-order chi connectivity index (χ0) is 30.3. The van der Waals surface area contributed by atoms with Gasteiger partial charge in [-0.15, -0.1) is 11.3 Å². The fourth-order valence-electron chi connectivity index (χ4n) is 5.64. The van der Waals surface area contributed by atoms with Crippen LogP contribution in [0.5, 0.6) is 5.75 Å². The number of thiophene rings is 1. The summed E-state index contributed by atoms with van der Waals surface area (Å²) in [6.45, 7) is 6.82. The molecule has 0 amide bonds. The molecule has 1 aliphatic carbocycles. The first-order valence-electron chi connectivity index (χ1n) is 16.6. The molecule has 1 aromatic heterocycles. The Morgan fingerprint density at radius 1 is 0.905 bits per heavy atom. The molecule has 0 bridgehead atoms. The number of phenolic OH excluding ortho intramolecular Hbond substituents is 1. The van der Waals surface area contributed by atoms with Gasteiger partial charge in [-0.25, -0.2) is 0 Å². The molecule has 0 fully saturated rings. The maximum Gasteiger partial charge on any atom is 0.303 e. The monoisotopic (exact) mass is 595 g/mol. The third-order valence-corrected chi connectivity index (χ3v) is 8.96. The normalized spacial score (nSPS) is 14.8. The molecule has 1 atom stereocenters. The van der Waals surface area contributed by atoms with Crippen molar-refractivity contribution < 1.29 is 15.0 Å². The second-order valence-electron chi connectivity index (χ2n) is 11.6. The molecule has 1 aromatic carbocycles. The molecule has 0 saturated heterocycles. The summed E-state index contributed by atoms with van der Waals surface area (Å²) < 4.78 is 0. The maximum atomic E-state index is 10.3. The van der Waals surface area contributed by atoms with Crippen LogP contribution in [-0.2, 0) is 24.1 Å². The number of allylic oxidation sites excluding steroid dienone is 4. The van der Waals surface area contributed by atoms with Gasteiger partial charge in [0.1, 0.15) is 5.75 Å². The fourth-order valence-corrected chi connectivity index (χ4v) is 6.34. The van der Waals surface area contributed by atoms with Crippen LogP contribution in [0.15, 0.2) is 60.0 Å². The molecule has 5 heteroatoms. The van der Waals surface area contributed by atoms with E-state index >= 15 is 0 Å². The van der Waals surface area contributed by atoms with Crippen molar-refractivity contribution in [2.75, 3.05) is 13.1 Å². The third-order valence-electron chi connectivity index (χ3n) is 8.03. The molecule has 0 radical (unpaired) electrons. The number of rotatable bonds is 20. The van der Waals surface area contributed by atoms with Crippen LogP contribution < -0.4 is 0 Å². The van der Waals surface area contributed by atoms with Gasteiger partial charge in [0.15, 0.2) is 0 Å². The Bertz CT molecular complexity index is 1010. The van der Waals surface area contributed by atoms with E-state index in [9.17, 15) is 9.90 Å². The number of carboxylic acids is 1. The van der Waals surface area contributed by atoms with Crippen molar-refractivity contribution in [1.82, 2.24) is 4.90 Å². The molecule has 1 heterocycles. The lowest BCUT2D eigenvalue weighted by Crippen LogP contribution is -2.41. The van der Waals surface area contributed by atoms with Gasteiger partial charge in [-0.3, -0.25) is 9.69 Å². The largest absolute Gasteiger partial charge is 0.508 e. The van der Waals surface area contributed by atoms with Gasteiger partial charge in [-0.2, -0.15) is 0 Å². The summed E-state index contributed by atoms with van der Waals surface area (Å²) in [6, 6.07) is 11.0. The van der Waals surface area contributed by atoms with Crippen LogP contribution in [-0.4, -0.2) is 40.2 Å². The van der Waals surface area contributed by atoms with Crippen molar-refractivity contribution >= 4 is 17.3 Å². The van der Waals surface area contributed by atoms with E-state index in [4.69, 9.17) is 5.11 Å². The number of benzene rings is 1. The lowest BCUT2D eigenvalue weighted by molar-refractivity contribution is -0.137. The first kappa shape index (κ1) is 35.8. The molecular formula is C37H57NO3S. The van der Waals surface area contributed by atoms with Gasteiger partial charge in [0.05, 0.1) is 0 Å². The fraction of sp³-hybridized carbons (Fsp3) is 0.595. The van der Waals surface area contributed by atoms with Crippen LogP contribution in [0.2, 0.25) is 0 Å². The lowest BCUT2D eigenvalue weighted by atomic mass is 9.86. The zero-order valence-corrected chi connectivity index (χ0v) is 27.3. The zero-order valence-electron chi connectivity index (χ0n) is 26.4. The van der Waals surface area contributed by atoms with Crippen LogP contribution in [0, 0.1) is 0 Å². The molecule has 234 valence electrons. The highest BCUT2D eigenvalue weighted by Crippen LogP contribution is 2.31. The minimum atomic E-state index is -0.671. The highest BCUT2D eigenvalue weighted by Gasteiger charge is 2.25. The summed E-state index contributed by atoms with van der Waals surface area (Å²) >= 11 is 1.86. The van der Waals surface area contributed by atoms with E-state index < -0.39 is 5.97 Å². The first-order valence-corrected chi connectivity index (χ1v) is 17.5. The van der Waals surface area contributed by atoms with E-state index in [1.54, 1.807) is 0 Å². The number of phenols is 1. The average molecular weight is 596 g/mol. The van der Waals surface area contributed by atoms with Crippen LogP contribution in [0.25, 0.3) is 0 Å². The average Bonchev–Trinajstić information content (AvgIpc) is 3.51. The number of carboxylic acid groups (broad SMARTS) is 1. The number of fused-ring (bicyclic) bond motifs is 1. The third kappa shape index (κ3) is 15.7. The molecule has 0 aliphatic heterocycles. The molecule has 3 rings (SSSR count). The number of unbranched alkanes of at least 4 members (excludes halogenated alkanes) is 8. The Morgan fingerprint density at radius 3 is 2.33 bits per heavy atom. The molecule has 4 nitrogen and oxygen atoms in total. The van der Waals surface area contributed by atoms with Crippen molar-refractivity contribution in [3.05, 3.63) is 76.0 Å². The molecule has 42 heavy (non-hydrogen) atoms. The summed E-state index contributed by atoms with van der Waals surface area (Å²) in [5.41, 5.74) is 2.52. The van der Waals surface area contributed by atoms with E-state index in [0.29, 0.717) is 18.2 Å². The summed E-state index contributed by atoms with van der Waals surface area (Å²) in [6.07, 6.45) is 27.9. The number of hydrogen-bond acceptors (Lipinski definition) is 4. The van der Waals surface area contributed by atoms with E-state index in [1.165, 1.54) is 73.9 Å². The van der Waals surface area contributed by atoms with Crippen molar-refractivity contribution in [2.24, 2.45) is 0 Å². The molecule has 0 spiro atoms. The Kier molecular flexibility index (Phi) is 19.7. The minimum Gasteiger partial charge on any atom is -0.508 e. The smallest absolute Gasteiger partial charge is 0.303 e. The van der Waals surface area contributed by atoms with E-state index in [0.717, 1.165) is 57.9 Å².